The Hall–Kier alpha value is -1.73. The van der Waals surface area contributed by atoms with Gasteiger partial charge in [-0.1, -0.05) is 39.7 Å². The Morgan fingerprint density at radius 2 is 1.91 bits per heavy atom. The zero-order valence-electron chi connectivity index (χ0n) is 11.5. The van der Waals surface area contributed by atoms with E-state index in [0.29, 0.717) is 4.47 Å². The highest BCUT2D eigenvalue weighted by atomic mass is 79.9. The van der Waals surface area contributed by atoms with E-state index in [1.165, 1.54) is 18.2 Å². The lowest BCUT2D eigenvalue weighted by atomic mass is 10.1. The van der Waals surface area contributed by atoms with Gasteiger partial charge in [0.15, 0.2) is 6.61 Å². The molecule has 0 bridgehead atoms. The number of hydrogen-bond acceptors (Lipinski definition) is 2. The van der Waals surface area contributed by atoms with E-state index in [-0.39, 0.29) is 16.5 Å². The molecule has 8 heteroatoms. The van der Waals surface area contributed by atoms with Gasteiger partial charge in [-0.25, -0.2) is 0 Å². The number of anilines is 1. The number of alkyl halides is 3. The van der Waals surface area contributed by atoms with Crippen LogP contribution in [0.4, 0.5) is 18.9 Å². The topological polar surface area (TPSA) is 38.3 Å². The average molecular weight is 409 g/mol. The van der Waals surface area contributed by atoms with E-state index in [4.69, 9.17) is 16.3 Å². The SMILES string of the molecule is O=C(COc1cc(Br)ccc1Cl)Nc1ccccc1C(F)(F)F. The molecule has 0 atom stereocenters. The van der Waals surface area contributed by atoms with E-state index in [1.807, 2.05) is 0 Å². The van der Waals surface area contributed by atoms with Gasteiger partial charge in [0.2, 0.25) is 0 Å². The predicted molar refractivity (Wildman–Crippen MR) is 84.7 cm³/mol. The quantitative estimate of drug-likeness (QED) is 0.761. The molecule has 23 heavy (non-hydrogen) atoms. The normalized spacial score (nSPS) is 11.2. The van der Waals surface area contributed by atoms with Crippen molar-refractivity contribution in [2.24, 2.45) is 0 Å². The van der Waals surface area contributed by atoms with Crippen LogP contribution < -0.4 is 10.1 Å². The zero-order valence-corrected chi connectivity index (χ0v) is 13.8. The number of halogens is 5. The number of rotatable bonds is 4. The Kier molecular flexibility index (Phi) is 5.54. The number of amides is 1. The van der Waals surface area contributed by atoms with Gasteiger partial charge in [0.25, 0.3) is 5.91 Å². The molecule has 0 spiro atoms. The molecule has 0 saturated heterocycles. The Labute approximate surface area is 143 Å². The van der Waals surface area contributed by atoms with E-state index in [9.17, 15) is 18.0 Å². The third-order valence-electron chi connectivity index (χ3n) is 2.76. The average Bonchev–Trinajstić information content (AvgIpc) is 2.47. The van der Waals surface area contributed by atoms with Crippen LogP contribution in [0.3, 0.4) is 0 Å². The second-order valence-corrected chi connectivity index (χ2v) is 5.78. The molecule has 0 aliphatic carbocycles. The van der Waals surface area contributed by atoms with Gasteiger partial charge < -0.3 is 10.1 Å². The summed E-state index contributed by atoms with van der Waals surface area (Å²) in [6.45, 7) is -0.470. The van der Waals surface area contributed by atoms with Crippen molar-refractivity contribution in [2.75, 3.05) is 11.9 Å². The molecule has 1 N–H and O–H groups in total. The summed E-state index contributed by atoms with van der Waals surface area (Å²) >= 11 is 9.12. The summed E-state index contributed by atoms with van der Waals surface area (Å²) in [5.74, 6) is -0.474. The summed E-state index contributed by atoms with van der Waals surface area (Å²) in [6.07, 6.45) is -4.56. The van der Waals surface area contributed by atoms with Crippen LogP contribution >= 0.6 is 27.5 Å². The first-order valence-electron chi connectivity index (χ1n) is 6.31. The minimum atomic E-state index is -4.56. The van der Waals surface area contributed by atoms with Crippen LogP contribution in [0.15, 0.2) is 46.9 Å². The van der Waals surface area contributed by atoms with Crippen molar-refractivity contribution in [3.63, 3.8) is 0 Å². The van der Waals surface area contributed by atoms with E-state index in [2.05, 4.69) is 21.2 Å². The number of hydrogen-bond donors (Lipinski definition) is 1. The molecule has 2 rings (SSSR count). The Morgan fingerprint density at radius 1 is 1.22 bits per heavy atom. The van der Waals surface area contributed by atoms with Crippen LogP contribution in [0, 0.1) is 0 Å². The summed E-state index contributed by atoms with van der Waals surface area (Å²) in [5, 5.41) is 2.47. The van der Waals surface area contributed by atoms with Crippen molar-refractivity contribution in [2.45, 2.75) is 6.18 Å². The predicted octanol–water partition coefficient (Wildman–Crippen LogP) is 5.14. The number of ether oxygens (including phenoxy) is 1. The van der Waals surface area contributed by atoms with Crippen LogP contribution in [-0.4, -0.2) is 12.5 Å². The molecule has 0 aliphatic rings. The summed E-state index contributed by atoms with van der Waals surface area (Å²) in [6, 6.07) is 9.52. The smallest absolute Gasteiger partial charge is 0.418 e. The number of benzene rings is 2. The first kappa shape index (κ1) is 17.6. The highest BCUT2D eigenvalue weighted by Crippen LogP contribution is 2.34. The van der Waals surface area contributed by atoms with Gasteiger partial charge in [-0.3, -0.25) is 4.79 Å². The van der Waals surface area contributed by atoms with Crippen LogP contribution in [0.5, 0.6) is 5.75 Å². The minimum Gasteiger partial charge on any atom is -0.482 e. The Morgan fingerprint density at radius 3 is 2.61 bits per heavy atom. The molecule has 122 valence electrons. The summed E-state index contributed by atoms with van der Waals surface area (Å²) in [7, 11) is 0. The van der Waals surface area contributed by atoms with Crippen LogP contribution in [0.1, 0.15) is 5.56 Å². The van der Waals surface area contributed by atoms with Crippen molar-refractivity contribution in [3.05, 3.63) is 57.5 Å². The maximum atomic E-state index is 12.8. The molecule has 2 aromatic carbocycles. The summed E-state index contributed by atoms with van der Waals surface area (Å²) in [4.78, 5) is 11.8. The van der Waals surface area contributed by atoms with Gasteiger partial charge in [-0.15, -0.1) is 0 Å². The number of carbonyl (C=O) groups is 1. The fraction of sp³-hybridized carbons (Fsp3) is 0.133. The van der Waals surface area contributed by atoms with E-state index in [1.54, 1.807) is 18.2 Å². The number of carbonyl (C=O) groups excluding carboxylic acids is 1. The largest absolute Gasteiger partial charge is 0.482 e. The standard InChI is InChI=1S/C15H10BrClF3NO2/c16-9-5-6-11(17)13(7-9)23-8-14(22)21-12-4-2-1-3-10(12)15(18,19)20/h1-7H,8H2,(H,21,22). The molecule has 2 aromatic rings. The lowest BCUT2D eigenvalue weighted by molar-refractivity contribution is -0.137. The van der Waals surface area contributed by atoms with Crippen molar-refractivity contribution in [1.29, 1.82) is 0 Å². The van der Waals surface area contributed by atoms with Gasteiger partial charge >= 0.3 is 6.18 Å². The van der Waals surface area contributed by atoms with Gasteiger partial charge in [0, 0.05) is 4.47 Å². The molecule has 0 heterocycles. The molecule has 1 amide bonds. The first-order valence-corrected chi connectivity index (χ1v) is 7.48. The van der Waals surface area contributed by atoms with E-state index < -0.39 is 24.3 Å². The highest BCUT2D eigenvalue weighted by molar-refractivity contribution is 9.10. The lowest BCUT2D eigenvalue weighted by Gasteiger charge is -2.14. The fourth-order valence-corrected chi connectivity index (χ4v) is 2.27. The van der Waals surface area contributed by atoms with Crippen molar-refractivity contribution >= 4 is 39.1 Å². The molecule has 0 aromatic heterocycles. The fourth-order valence-electron chi connectivity index (χ4n) is 1.76. The maximum absolute atomic E-state index is 12.8. The van der Waals surface area contributed by atoms with Crippen molar-refractivity contribution in [1.82, 2.24) is 0 Å². The van der Waals surface area contributed by atoms with Gasteiger partial charge in [-0.2, -0.15) is 13.2 Å². The second-order valence-electron chi connectivity index (χ2n) is 4.45. The van der Waals surface area contributed by atoms with Gasteiger partial charge in [0.1, 0.15) is 5.75 Å². The molecule has 0 unspecified atom stereocenters. The maximum Gasteiger partial charge on any atom is 0.418 e. The molecule has 3 nitrogen and oxygen atoms in total. The van der Waals surface area contributed by atoms with Crippen LogP contribution in [0.2, 0.25) is 5.02 Å². The summed E-state index contributed by atoms with van der Waals surface area (Å²) < 4.78 is 44.4. The molecule has 0 saturated carbocycles. The molecular weight excluding hydrogens is 399 g/mol. The van der Waals surface area contributed by atoms with E-state index in [0.717, 1.165) is 6.07 Å². The Balaban J connectivity index is 2.05. The number of para-hydroxylation sites is 1. The Bertz CT molecular complexity index is 722. The third kappa shape index (κ3) is 4.87. The molecule has 0 fully saturated rings. The van der Waals surface area contributed by atoms with Crippen LogP contribution in [0.25, 0.3) is 0 Å². The van der Waals surface area contributed by atoms with Gasteiger partial charge in [-0.05, 0) is 30.3 Å². The van der Waals surface area contributed by atoms with E-state index >= 15 is 0 Å². The number of nitrogens with one attached hydrogen (secondary N) is 1. The second kappa shape index (κ2) is 7.23. The monoisotopic (exact) mass is 407 g/mol. The lowest BCUT2D eigenvalue weighted by Crippen LogP contribution is -2.22. The van der Waals surface area contributed by atoms with Crippen molar-refractivity contribution < 1.29 is 22.7 Å². The molecule has 0 aliphatic heterocycles. The molecular formula is C15H10BrClF3NO2. The first-order chi connectivity index (χ1) is 10.8. The van der Waals surface area contributed by atoms with Crippen molar-refractivity contribution in [3.8, 4) is 5.75 Å². The van der Waals surface area contributed by atoms with Crippen LogP contribution in [-0.2, 0) is 11.0 Å². The highest BCUT2D eigenvalue weighted by Gasteiger charge is 2.33. The third-order valence-corrected chi connectivity index (χ3v) is 3.56. The summed E-state index contributed by atoms with van der Waals surface area (Å²) in [5.41, 5.74) is -1.25. The molecule has 0 radical (unpaired) electrons. The van der Waals surface area contributed by atoms with Gasteiger partial charge in [0.05, 0.1) is 16.3 Å². The minimum absolute atomic E-state index is 0.250. The zero-order chi connectivity index (χ0) is 17.0.